The number of hydrogen-bond acceptors (Lipinski definition) is 4. The van der Waals surface area contributed by atoms with E-state index in [1.165, 1.54) is 47.4 Å². The zero-order chi connectivity index (χ0) is 21.1. The lowest BCUT2D eigenvalue weighted by Crippen LogP contribution is -2.46. The largest absolute Gasteiger partial charge is 0.482 e. The highest BCUT2D eigenvalue weighted by atomic mass is 32.2. The lowest BCUT2D eigenvalue weighted by atomic mass is 9.82. The van der Waals surface area contributed by atoms with E-state index < -0.39 is 0 Å². The van der Waals surface area contributed by atoms with Crippen molar-refractivity contribution >= 4 is 17.5 Å². The highest BCUT2D eigenvalue weighted by molar-refractivity contribution is 8.01. The van der Waals surface area contributed by atoms with Gasteiger partial charge in [0.1, 0.15) is 11.4 Å². The summed E-state index contributed by atoms with van der Waals surface area (Å²) in [5.41, 5.74) is 3.82. The predicted molar refractivity (Wildman–Crippen MR) is 132 cm³/mol. The highest BCUT2D eigenvalue weighted by Crippen LogP contribution is 2.44. The van der Waals surface area contributed by atoms with Crippen LogP contribution in [-0.4, -0.2) is 36.1 Å². The van der Waals surface area contributed by atoms with Crippen molar-refractivity contribution < 1.29 is 4.74 Å². The number of fused-ring (bicyclic) bond motifs is 1. The summed E-state index contributed by atoms with van der Waals surface area (Å²) < 4.78 is 9.14. The number of hydrogen-bond donors (Lipinski definition) is 1. The molecule has 2 aliphatic carbocycles. The summed E-state index contributed by atoms with van der Waals surface area (Å²) in [7, 11) is 0. The van der Waals surface area contributed by atoms with Gasteiger partial charge in [-0.25, -0.2) is 4.31 Å². The zero-order valence-corrected chi connectivity index (χ0v) is 19.4. The van der Waals surface area contributed by atoms with Crippen molar-refractivity contribution in [1.29, 1.82) is 0 Å². The molecule has 0 unspecified atom stereocenters. The van der Waals surface area contributed by atoms with Gasteiger partial charge in [-0.3, -0.25) is 0 Å². The molecule has 3 nitrogen and oxygen atoms in total. The van der Waals surface area contributed by atoms with Gasteiger partial charge in [-0.1, -0.05) is 43.4 Å². The number of nitrogens with one attached hydrogen (secondary N) is 1. The number of ether oxygens (including phenoxy) is 1. The molecule has 2 aliphatic heterocycles. The monoisotopic (exact) mass is 434 g/mol. The third kappa shape index (κ3) is 5.02. The van der Waals surface area contributed by atoms with Gasteiger partial charge in [0.05, 0.1) is 0 Å². The molecule has 2 heterocycles. The SMILES string of the molecule is CCCN(CC1CC1)SC1=CC=C(C2=CC3(CCNCC3)Oc3ccccc32)CC=C1. The average molecular weight is 435 g/mol. The smallest absolute Gasteiger partial charge is 0.130 e. The Morgan fingerprint density at radius 1 is 1.16 bits per heavy atom. The number of benzene rings is 1. The maximum Gasteiger partial charge on any atom is 0.130 e. The molecule has 1 saturated carbocycles. The second kappa shape index (κ2) is 9.40. The highest BCUT2D eigenvalue weighted by Gasteiger charge is 2.37. The van der Waals surface area contributed by atoms with Crippen molar-refractivity contribution in [2.45, 2.75) is 51.0 Å². The summed E-state index contributed by atoms with van der Waals surface area (Å²) in [5.74, 6) is 1.96. The number of para-hydroxylation sites is 1. The van der Waals surface area contributed by atoms with Crippen molar-refractivity contribution in [2.75, 3.05) is 26.2 Å². The number of allylic oxidation sites excluding steroid dienone is 6. The number of rotatable bonds is 7. The van der Waals surface area contributed by atoms with Crippen LogP contribution >= 0.6 is 11.9 Å². The van der Waals surface area contributed by atoms with Crippen LogP contribution in [0.25, 0.3) is 5.57 Å². The van der Waals surface area contributed by atoms with Gasteiger partial charge in [0, 0.05) is 36.4 Å². The van der Waals surface area contributed by atoms with Crippen LogP contribution in [0.3, 0.4) is 0 Å². The lowest BCUT2D eigenvalue weighted by Gasteiger charge is -2.40. The quantitative estimate of drug-likeness (QED) is 0.522. The van der Waals surface area contributed by atoms with Gasteiger partial charge in [-0.2, -0.15) is 0 Å². The first-order valence-electron chi connectivity index (χ1n) is 12.0. The first-order chi connectivity index (χ1) is 15.2. The van der Waals surface area contributed by atoms with E-state index in [-0.39, 0.29) is 5.60 Å². The van der Waals surface area contributed by atoms with E-state index in [0.717, 1.165) is 50.6 Å². The van der Waals surface area contributed by atoms with Crippen LogP contribution in [0.2, 0.25) is 0 Å². The molecule has 0 atom stereocenters. The van der Waals surface area contributed by atoms with Crippen LogP contribution in [-0.2, 0) is 0 Å². The van der Waals surface area contributed by atoms with Crippen molar-refractivity contribution in [2.24, 2.45) is 5.92 Å². The Morgan fingerprint density at radius 2 is 2.00 bits per heavy atom. The minimum absolute atomic E-state index is 0.171. The van der Waals surface area contributed by atoms with Crippen molar-refractivity contribution in [3.8, 4) is 5.75 Å². The molecule has 1 saturated heterocycles. The lowest BCUT2D eigenvalue weighted by molar-refractivity contribution is 0.0816. The van der Waals surface area contributed by atoms with E-state index in [1.807, 2.05) is 11.9 Å². The Balaban J connectivity index is 1.42. The number of nitrogens with zero attached hydrogens (tertiary/aromatic N) is 1. The molecule has 2 fully saturated rings. The van der Waals surface area contributed by atoms with Gasteiger partial charge in [0.15, 0.2) is 0 Å². The van der Waals surface area contributed by atoms with Crippen molar-refractivity contribution in [1.82, 2.24) is 9.62 Å². The van der Waals surface area contributed by atoms with E-state index in [0.29, 0.717) is 0 Å². The molecule has 1 spiro atoms. The molecule has 0 amide bonds. The van der Waals surface area contributed by atoms with E-state index in [2.05, 4.69) is 71.2 Å². The fourth-order valence-electron chi connectivity index (χ4n) is 4.76. The molecular weight excluding hydrogens is 400 g/mol. The predicted octanol–water partition coefficient (Wildman–Crippen LogP) is 6.13. The van der Waals surface area contributed by atoms with Crippen LogP contribution in [0.4, 0.5) is 0 Å². The van der Waals surface area contributed by atoms with Crippen LogP contribution < -0.4 is 10.1 Å². The summed E-state index contributed by atoms with van der Waals surface area (Å²) in [5, 5.41) is 3.48. The maximum absolute atomic E-state index is 6.57. The van der Waals surface area contributed by atoms with Gasteiger partial charge < -0.3 is 10.1 Å². The second-order valence-electron chi connectivity index (χ2n) is 9.26. The first-order valence-corrected chi connectivity index (χ1v) is 12.7. The first kappa shape index (κ1) is 21.1. The number of piperidine rings is 1. The Morgan fingerprint density at radius 3 is 2.81 bits per heavy atom. The Labute approximate surface area is 191 Å². The van der Waals surface area contributed by atoms with E-state index in [4.69, 9.17) is 4.74 Å². The molecule has 0 bridgehead atoms. The van der Waals surface area contributed by atoms with E-state index in [9.17, 15) is 0 Å². The minimum Gasteiger partial charge on any atom is -0.482 e. The fourth-order valence-corrected chi connectivity index (χ4v) is 5.90. The standard InChI is InChI=1S/C27H34N2OS/c1-2-18-29(20-21-10-11-21)31-23-7-5-6-22(12-13-23)25-19-27(14-16-28-17-15-27)30-26-9-4-3-8-24(25)26/h3-5,7-9,12-13,19,21,28H,2,6,10-11,14-18,20H2,1H3. The molecule has 31 heavy (non-hydrogen) atoms. The van der Waals surface area contributed by atoms with Crippen molar-refractivity contribution in [3.63, 3.8) is 0 Å². The van der Waals surface area contributed by atoms with Gasteiger partial charge in [0.2, 0.25) is 0 Å². The summed E-state index contributed by atoms with van der Waals surface area (Å²) in [6.07, 6.45) is 18.8. The maximum atomic E-state index is 6.57. The topological polar surface area (TPSA) is 24.5 Å². The molecule has 1 N–H and O–H groups in total. The third-order valence-electron chi connectivity index (χ3n) is 6.63. The molecule has 4 aliphatic rings. The normalized spacial score (nSPS) is 22.3. The molecule has 4 heteroatoms. The van der Waals surface area contributed by atoms with Gasteiger partial charge in [-0.05, 0) is 86.0 Å². The minimum atomic E-state index is -0.171. The molecule has 5 rings (SSSR count). The Hall–Kier alpha value is -1.75. The zero-order valence-electron chi connectivity index (χ0n) is 18.6. The third-order valence-corrected chi connectivity index (χ3v) is 7.70. The Kier molecular flexibility index (Phi) is 6.40. The molecule has 164 valence electrons. The fraction of sp³-hybridized carbons (Fsp3) is 0.481. The van der Waals surface area contributed by atoms with Gasteiger partial charge in [-0.15, -0.1) is 0 Å². The van der Waals surface area contributed by atoms with E-state index in [1.54, 1.807) is 0 Å². The molecule has 1 aromatic rings. The second-order valence-corrected chi connectivity index (χ2v) is 10.4. The van der Waals surface area contributed by atoms with Crippen LogP contribution in [0, 0.1) is 5.92 Å². The molecule has 0 radical (unpaired) electrons. The van der Waals surface area contributed by atoms with Crippen LogP contribution in [0.5, 0.6) is 5.75 Å². The molecule has 0 aromatic heterocycles. The summed E-state index contributed by atoms with van der Waals surface area (Å²) in [6, 6.07) is 8.56. The van der Waals surface area contributed by atoms with Crippen LogP contribution in [0.15, 0.2) is 65.1 Å². The molecule has 1 aromatic carbocycles. The molecular formula is C27H34N2OS. The van der Waals surface area contributed by atoms with E-state index >= 15 is 0 Å². The van der Waals surface area contributed by atoms with Crippen LogP contribution in [0.1, 0.15) is 51.0 Å². The summed E-state index contributed by atoms with van der Waals surface area (Å²) in [4.78, 5) is 1.35. The summed E-state index contributed by atoms with van der Waals surface area (Å²) in [6.45, 7) is 6.70. The Bertz CT molecular complexity index is 919. The van der Waals surface area contributed by atoms with Crippen molar-refractivity contribution in [3.05, 3.63) is 70.7 Å². The summed E-state index contributed by atoms with van der Waals surface area (Å²) >= 11 is 1.94. The average Bonchev–Trinajstić information content (AvgIpc) is 3.62. The van der Waals surface area contributed by atoms with Gasteiger partial charge >= 0.3 is 0 Å². The van der Waals surface area contributed by atoms with Gasteiger partial charge in [0.25, 0.3) is 0 Å².